The Morgan fingerprint density at radius 2 is 1.71 bits per heavy atom. The lowest BCUT2D eigenvalue weighted by molar-refractivity contribution is -0.182. The SMILES string of the molecule is CCCCCCC[C@H]1OC(=O)C[C@H](O)[C@H](Cc2ccccc2)N(C)C(=O)C(C)(C)OC(=O)[C@H]1C. The number of amides is 1. The number of aliphatic hydroxyl groups is 1. The van der Waals surface area contributed by atoms with Crippen molar-refractivity contribution in [2.24, 2.45) is 5.92 Å². The van der Waals surface area contributed by atoms with Crippen LogP contribution in [-0.2, 0) is 30.3 Å². The highest BCUT2D eigenvalue weighted by Crippen LogP contribution is 2.26. The number of carbonyl (C=O) groups is 3. The van der Waals surface area contributed by atoms with Gasteiger partial charge < -0.3 is 19.5 Å². The van der Waals surface area contributed by atoms with Crippen molar-refractivity contribution in [2.45, 2.75) is 103 Å². The minimum absolute atomic E-state index is 0.260. The van der Waals surface area contributed by atoms with Crippen LogP contribution in [0.15, 0.2) is 30.3 Å². The fraction of sp³-hybridized carbons (Fsp3) is 0.667. The molecule has 7 nitrogen and oxygen atoms in total. The van der Waals surface area contributed by atoms with E-state index in [0.717, 1.165) is 37.7 Å². The van der Waals surface area contributed by atoms with Gasteiger partial charge in [-0.1, -0.05) is 62.9 Å². The number of unbranched alkanes of at least 4 members (excludes halogenated alkanes) is 4. The van der Waals surface area contributed by atoms with Crippen LogP contribution >= 0.6 is 0 Å². The van der Waals surface area contributed by atoms with Crippen LogP contribution < -0.4 is 0 Å². The van der Waals surface area contributed by atoms with Crippen molar-refractivity contribution < 1.29 is 29.0 Å². The molecule has 1 fully saturated rings. The van der Waals surface area contributed by atoms with Gasteiger partial charge in [-0.05, 0) is 45.6 Å². The highest BCUT2D eigenvalue weighted by atomic mass is 16.6. The molecular weight excluding hydrogens is 434 g/mol. The van der Waals surface area contributed by atoms with E-state index in [1.54, 1.807) is 27.8 Å². The quantitative estimate of drug-likeness (QED) is 0.450. The average Bonchev–Trinajstić information content (AvgIpc) is 2.79. The van der Waals surface area contributed by atoms with E-state index in [-0.39, 0.29) is 6.42 Å². The van der Waals surface area contributed by atoms with E-state index in [0.29, 0.717) is 12.8 Å². The summed E-state index contributed by atoms with van der Waals surface area (Å²) in [5, 5.41) is 11.0. The van der Waals surface area contributed by atoms with Crippen molar-refractivity contribution >= 4 is 17.8 Å². The van der Waals surface area contributed by atoms with E-state index in [9.17, 15) is 19.5 Å². The summed E-state index contributed by atoms with van der Waals surface area (Å²) < 4.78 is 11.4. The lowest BCUT2D eigenvalue weighted by Crippen LogP contribution is -2.55. The number of benzene rings is 1. The van der Waals surface area contributed by atoms with Crippen LogP contribution in [0.2, 0.25) is 0 Å². The van der Waals surface area contributed by atoms with Crippen LogP contribution in [0.1, 0.15) is 78.2 Å². The van der Waals surface area contributed by atoms with Crippen LogP contribution in [-0.4, -0.2) is 58.8 Å². The Hall–Kier alpha value is -2.41. The minimum atomic E-state index is -1.43. The van der Waals surface area contributed by atoms with Gasteiger partial charge in [-0.15, -0.1) is 0 Å². The zero-order valence-corrected chi connectivity index (χ0v) is 21.3. The number of hydrogen-bond acceptors (Lipinski definition) is 6. The van der Waals surface area contributed by atoms with Gasteiger partial charge >= 0.3 is 11.9 Å². The molecule has 1 amide bonds. The van der Waals surface area contributed by atoms with Gasteiger partial charge in [0, 0.05) is 7.05 Å². The molecule has 0 radical (unpaired) electrons. The van der Waals surface area contributed by atoms with Crippen LogP contribution in [0, 0.1) is 5.92 Å². The summed E-state index contributed by atoms with van der Waals surface area (Å²) in [6, 6.07) is 8.77. The molecule has 1 aromatic carbocycles. The summed E-state index contributed by atoms with van der Waals surface area (Å²) in [6.45, 7) is 6.92. The van der Waals surface area contributed by atoms with Crippen molar-refractivity contribution in [1.29, 1.82) is 0 Å². The van der Waals surface area contributed by atoms with Crippen molar-refractivity contribution in [3.05, 3.63) is 35.9 Å². The third-order valence-corrected chi connectivity index (χ3v) is 6.60. The smallest absolute Gasteiger partial charge is 0.313 e. The number of nitrogens with zero attached hydrogens (tertiary/aromatic N) is 1. The molecule has 1 aliphatic rings. The summed E-state index contributed by atoms with van der Waals surface area (Å²) >= 11 is 0. The first-order valence-corrected chi connectivity index (χ1v) is 12.5. The first-order valence-electron chi connectivity index (χ1n) is 12.5. The lowest BCUT2D eigenvalue weighted by atomic mass is 9.94. The second kappa shape index (κ2) is 12.9. The van der Waals surface area contributed by atoms with E-state index in [1.165, 1.54) is 4.90 Å². The van der Waals surface area contributed by atoms with Gasteiger partial charge in [0.05, 0.1) is 24.5 Å². The monoisotopic (exact) mass is 475 g/mol. The second-order valence-electron chi connectivity index (χ2n) is 9.90. The molecule has 0 aliphatic carbocycles. The Morgan fingerprint density at radius 3 is 2.35 bits per heavy atom. The van der Waals surface area contributed by atoms with Gasteiger partial charge in [-0.3, -0.25) is 14.4 Å². The van der Waals surface area contributed by atoms with Crippen molar-refractivity contribution in [2.75, 3.05) is 7.05 Å². The molecule has 34 heavy (non-hydrogen) atoms. The number of esters is 2. The third-order valence-electron chi connectivity index (χ3n) is 6.60. The summed E-state index contributed by atoms with van der Waals surface area (Å²) in [6.07, 6.45) is 3.98. The third kappa shape index (κ3) is 7.83. The molecular formula is C27H41NO6. The van der Waals surface area contributed by atoms with E-state index >= 15 is 0 Å². The average molecular weight is 476 g/mol. The fourth-order valence-corrected chi connectivity index (χ4v) is 4.39. The Bertz CT molecular complexity index is 809. The summed E-state index contributed by atoms with van der Waals surface area (Å²) in [5.41, 5.74) is -0.510. The van der Waals surface area contributed by atoms with Crippen LogP contribution in [0.5, 0.6) is 0 Å². The molecule has 0 saturated carbocycles. The molecule has 1 aromatic rings. The van der Waals surface area contributed by atoms with Crippen molar-refractivity contribution in [3.63, 3.8) is 0 Å². The number of aliphatic hydroxyl groups excluding tert-OH is 1. The maximum atomic E-state index is 13.3. The lowest BCUT2D eigenvalue weighted by Gasteiger charge is -2.38. The predicted molar refractivity (Wildman–Crippen MR) is 130 cm³/mol. The topological polar surface area (TPSA) is 93.1 Å². The maximum Gasteiger partial charge on any atom is 0.313 e. The molecule has 1 heterocycles. The number of ether oxygens (including phenoxy) is 2. The van der Waals surface area contributed by atoms with Gasteiger partial charge in [-0.25, -0.2) is 0 Å². The first-order chi connectivity index (χ1) is 16.1. The fourth-order valence-electron chi connectivity index (χ4n) is 4.39. The summed E-state index contributed by atoms with van der Waals surface area (Å²) in [5.74, 6) is -2.30. The standard InChI is InChI=1S/C27H41NO6/c1-6-7-8-9-13-16-23-19(2)25(31)34-27(3,4)26(32)28(5)21(22(29)18-24(30)33-23)17-20-14-11-10-12-15-20/h10-12,14-15,19,21-23,29H,6-9,13,16-18H2,1-5H3/t19-,21-,22-,23+/m0/s1. The van der Waals surface area contributed by atoms with Gasteiger partial charge in [0.15, 0.2) is 5.60 Å². The number of likely N-dealkylation sites (N-methyl/N-ethyl adjacent to an activating group) is 1. The van der Waals surface area contributed by atoms with Gasteiger partial charge in [-0.2, -0.15) is 0 Å². The molecule has 4 atom stereocenters. The zero-order chi connectivity index (χ0) is 25.3. The predicted octanol–water partition coefficient (Wildman–Crippen LogP) is 4.05. The molecule has 0 bridgehead atoms. The van der Waals surface area contributed by atoms with E-state index < -0.39 is 47.6 Å². The molecule has 7 heteroatoms. The number of carbonyl (C=O) groups excluding carboxylic acids is 3. The van der Waals surface area contributed by atoms with Crippen molar-refractivity contribution in [3.8, 4) is 0 Å². The zero-order valence-electron chi connectivity index (χ0n) is 21.3. The first kappa shape index (κ1) is 27.8. The minimum Gasteiger partial charge on any atom is -0.461 e. The normalized spacial score (nSPS) is 26.3. The molecule has 0 aromatic heterocycles. The summed E-state index contributed by atoms with van der Waals surface area (Å²) in [7, 11) is 1.56. The number of rotatable bonds is 8. The summed E-state index contributed by atoms with van der Waals surface area (Å²) in [4.78, 5) is 40.5. The largest absolute Gasteiger partial charge is 0.461 e. The van der Waals surface area contributed by atoms with Gasteiger partial charge in [0.25, 0.3) is 5.91 Å². The van der Waals surface area contributed by atoms with Gasteiger partial charge in [0.1, 0.15) is 6.10 Å². The van der Waals surface area contributed by atoms with E-state index in [4.69, 9.17) is 9.47 Å². The van der Waals surface area contributed by atoms with Crippen LogP contribution in [0.4, 0.5) is 0 Å². The number of hydrogen-bond donors (Lipinski definition) is 1. The highest BCUT2D eigenvalue weighted by molar-refractivity contribution is 5.88. The maximum absolute atomic E-state index is 13.3. The van der Waals surface area contributed by atoms with Crippen molar-refractivity contribution in [1.82, 2.24) is 4.90 Å². The Balaban J connectivity index is 2.28. The number of cyclic esters (lactones) is 2. The van der Waals surface area contributed by atoms with Gasteiger partial charge in [0.2, 0.25) is 0 Å². The Labute approximate surface area is 203 Å². The second-order valence-corrected chi connectivity index (χ2v) is 9.90. The molecule has 0 spiro atoms. The molecule has 0 unspecified atom stereocenters. The highest BCUT2D eigenvalue weighted by Gasteiger charge is 2.42. The Morgan fingerprint density at radius 1 is 1.06 bits per heavy atom. The molecule has 2 rings (SSSR count). The molecule has 1 aliphatic heterocycles. The molecule has 190 valence electrons. The Kier molecular flexibility index (Phi) is 10.5. The van der Waals surface area contributed by atoms with Crippen LogP contribution in [0.3, 0.4) is 0 Å². The molecule has 1 N–H and O–H groups in total. The van der Waals surface area contributed by atoms with Crippen LogP contribution in [0.25, 0.3) is 0 Å². The van der Waals surface area contributed by atoms with E-state index in [1.807, 2.05) is 30.3 Å². The molecule has 1 saturated heterocycles. The van der Waals surface area contributed by atoms with E-state index in [2.05, 4.69) is 6.92 Å².